The zero-order valence-corrected chi connectivity index (χ0v) is 14.9. The first kappa shape index (κ1) is 15.9. The molecule has 27 heavy (non-hydrogen) atoms. The first-order chi connectivity index (χ1) is 13.4. The second-order valence-corrected chi connectivity index (χ2v) is 6.72. The van der Waals surface area contributed by atoms with Gasteiger partial charge in [-0.1, -0.05) is 24.3 Å². The van der Waals surface area contributed by atoms with Crippen LogP contribution in [0, 0.1) is 0 Å². The molecule has 0 atom stereocenters. The minimum absolute atomic E-state index is 0.759. The number of pyridine rings is 2. The molecule has 0 saturated heterocycles. The van der Waals surface area contributed by atoms with Gasteiger partial charge in [0.1, 0.15) is 0 Å². The number of rotatable bonds is 3. The first-order valence-corrected chi connectivity index (χ1v) is 9.28. The molecule has 3 aromatic heterocycles. The van der Waals surface area contributed by atoms with E-state index in [-0.39, 0.29) is 0 Å². The summed E-state index contributed by atoms with van der Waals surface area (Å²) in [5, 5.41) is 5.66. The number of para-hydroxylation sites is 1. The van der Waals surface area contributed by atoms with Gasteiger partial charge in [0.25, 0.3) is 0 Å². The summed E-state index contributed by atoms with van der Waals surface area (Å²) in [6.45, 7) is 0. The van der Waals surface area contributed by atoms with E-state index < -0.39 is 0 Å². The lowest BCUT2D eigenvalue weighted by Crippen LogP contribution is -2.01. The molecule has 1 aliphatic heterocycles. The van der Waals surface area contributed by atoms with Gasteiger partial charge < -0.3 is 0 Å². The van der Waals surface area contributed by atoms with E-state index in [9.17, 15) is 0 Å². The number of aliphatic imine (C=N–C) groups is 1. The fourth-order valence-corrected chi connectivity index (χ4v) is 3.50. The molecule has 0 spiro atoms. The Morgan fingerprint density at radius 1 is 1.00 bits per heavy atom. The summed E-state index contributed by atoms with van der Waals surface area (Å²) >= 11 is 0. The van der Waals surface area contributed by atoms with Crippen molar-refractivity contribution >= 4 is 27.9 Å². The molecular weight excluding hydrogens is 334 g/mol. The van der Waals surface area contributed by atoms with Gasteiger partial charge in [0.15, 0.2) is 11.5 Å². The number of aromatic nitrogens is 4. The molecule has 1 aromatic carbocycles. The minimum Gasteiger partial charge on any atom is -0.256 e. The van der Waals surface area contributed by atoms with Crippen LogP contribution >= 0.6 is 0 Å². The van der Waals surface area contributed by atoms with Gasteiger partial charge in [0.05, 0.1) is 11.2 Å². The van der Waals surface area contributed by atoms with Gasteiger partial charge in [0.2, 0.25) is 0 Å². The number of hydrogen-bond donors (Lipinski definition) is 0. The van der Waals surface area contributed by atoms with E-state index in [2.05, 4.69) is 40.4 Å². The van der Waals surface area contributed by atoms with Gasteiger partial charge in [0, 0.05) is 29.9 Å². The topological polar surface area (TPSA) is 55.4 Å². The van der Waals surface area contributed by atoms with Crippen molar-refractivity contribution < 1.29 is 0 Å². The van der Waals surface area contributed by atoms with Crippen molar-refractivity contribution in [3.8, 4) is 0 Å². The van der Waals surface area contributed by atoms with Crippen molar-refractivity contribution in [2.75, 3.05) is 0 Å². The number of benzene rings is 1. The third-order valence-electron chi connectivity index (χ3n) is 4.88. The lowest BCUT2D eigenvalue weighted by molar-refractivity contribution is 0.863. The summed E-state index contributed by atoms with van der Waals surface area (Å²) in [4.78, 5) is 14.0. The van der Waals surface area contributed by atoms with Crippen LogP contribution in [0.5, 0.6) is 0 Å². The lowest BCUT2D eigenvalue weighted by atomic mass is 10.0. The van der Waals surface area contributed by atoms with Crippen LogP contribution in [0.2, 0.25) is 0 Å². The second-order valence-electron chi connectivity index (χ2n) is 6.72. The van der Waals surface area contributed by atoms with E-state index in [0.717, 1.165) is 59.5 Å². The Morgan fingerprint density at radius 3 is 2.96 bits per heavy atom. The number of hydrogen-bond acceptors (Lipinski definition) is 4. The Kier molecular flexibility index (Phi) is 3.98. The molecule has 0 aliphatic carbocycles. The highest BCUT2D eigenvalue weighted by molar-refractivity contribution is 5.97. The van der Waals surface area contributed by atoms with Gasteiger partial charge in [-0.15, -0.1) is 0 Å². The maximum absolute atomic E-state index is 4.88. The molecule has 4 aromatic rings. The van der Waals surface area contributed by atoms with Gasteiger partial charge in [-0.25, -0.2) is 9.50 Å². The van der Waals surface area contributed by atoms with Crippen molar-refractivity contribution in [3.63, 3.8) is 0 Å². The summed E-state index contributed by atoms with van der Waals surface area (Å²) in [5.41, 5.74) is 5.26. The molecule has 0 N–H and O–H groups in total. The normalized spacial score (nSPS) is 17.1. The minimum atomic E-state index is 0.759. The molecule has 1 aliphatic rings. The molecule has 0 amide bonds. The fraction of sp³-hybridized carbons (Fsp3) is 0.182. The average Bonchev–Trinajstić information content (AvgIpc) is 3.11. The quantitative estimate of drug-likeness (QED) is 0.545. The third-order valence-corrected chi connectivity index (χ3v) is 4.88. The van der Waals surface area contributed by atoms with Crippen LogP contribution in [-0.2, 0) is 12.8 Å². The number of allylic oxidation sites excluding steroid dienone is 2. The molecule has 0 unspecified atom stereocenters. The highest BCUT2D eigenvalue weighted by atomic mass is 15.3. The summed E-state index contributed by atoms with van der Waals surface area (Å²) in [6, 6.07) is 14.3. The molecule has 5 rings (SSSR count). The standard InChI is InChI=1S/C22H19N5/c1-3-8-17(24-19-10-4-2-7-16(19)6-1)11-12-21-25-22-18-9-5-14-23-20(18)13-15-27(22)26-21/h2-5,7-10,13-15H,1,6,11-12H2/b8-3-,24-17+. The second kappa shape index (κ2) is 6.76. The number of aryl methyl sites for hydroxylation is 2. The van der Waals surface area contributed by atoms with Crippen LogP contribution in [0.15, 0.2) is 72.0 Å². The van der Waals surface area contributed by atoms with E-state index in [1.165, 1.54) is 5.56 Å². The largest absolute Gasteiger partial charge is 0.256 e. The smallest absolute Gasteiger partial charge is 0.164 e. The maximum atomic E-state index is 4.88. The molecule has 4 heterocycles. The van der Waals surface area contributed by atoms with E-state index >= 15 is 0 Å². The highest BCUT2D eigenvalue weighted by Crippen LogP contribution is 2.23. The Labute approximate surface area is 157 Å². The van der Waals surface area contributed by atoms with Gasteiger partial charge >= 0.3 is 0 Å². The number of fused-ring (bicyclic) bond motifs is 4. The Balaban J connectivity index is 1.44. The summed E-state index contributed by atoms with van der Waals surface area (Å²) in [6.07, 6.45) is 11.7. The zero-order chi connectivity index (χ0) is 18.1. The molecule has 0 radical (unpaired) electrons. The monoisotopic (exact) mass is 353 g/mol. The fourth-order valence-electron chi connectivity index (χ4n) is 3.50. The van der Waals surface area contributed by atoms with Crippen molar-refractivity contribution in [2.24, 2.45) is 4.99 Å². The third kappa shape index (κ3) is 3.12. The molecule has 132 valence electrons. The summed E-state index contributed by atoms with van der Waals surface area (Å²) in [7, 11) is 0. The van der Waals surface area contributed by atoms with Gasteiger partial charge in [-0.3, -0.25) is 9.98 Å². The van der Waals surface area contributed by atoms with Crippen molar-refractivity contribution in [1.29, 1.82) is 0 Å². The maximum Gasteiger partial charge on any atom is 0.164 e. The number of nitrogens with zero attached hydrogens (tertiary/aromatic N) is 5. The van der Waals surface area contributed by atoms with Gasteiger partial charge in [-0.2, -0.15) is 5.10 Å². The summed E-state index contributed by atoms with van der Waals surface area (Å²) in [5.74, 6) is 0.831. The van der Waals surface area contributed by atoms with E-state index in [1.54, 1.807) is 6.20 Å². The van der Waals surface area contributed by atoms with Crippen molar-refractivity contribution in [1.82, 2.24) is 19.6 Å². The van der Waals surface area contributed by atoms with Crippen LogP contribution in [0.1, 0.15) is 24.2 Å². The summed E-state index contributed by atoms with van der Waals surface area (Å²) < 4.78 is 1.84. The van der Waals surface area contributed by atoms with Gasteiger partial charge in [-0.05, 0) is 55.2 Å². The zero-order valence-electron chi connectivity index (χ0n) is 14.9. The Bertz CT molecular complexity index is 1190. The molecule has 0 saturated carbocycles. The molecule has 0 bridgehead atoms. The Hall–Kier alpha value is -3.34. The molecule has 0 fully saturated rings. The van der Waals surface area contributed by atoms with Crippen LogP contribution in [0.25, 0.3) is 16.6 Å². The van der Waals surface area contributed by atoms with Crippen LogP contribution in [0.3, 0.4) is 0 Å². The average molecular weight is 353 g/mol. The first-order valence-electron chi connectivity index (χ1n) is 9.28. The van der Waals surface area contributed by atoms with Crippen LogP contribution in [0.4, 0.5) is 5.69 Å². The molecule has 5 heteroatoms. The Morgan fingerprint density at radius 2 is 1.96 bits per heavy atom. The molecular formula is C22H19N5. The van der Waals surface area contributed by atoms with Crippen LogP contribution < -0.4 is 0 Å². The van der Waals surface area contributed by atoms with E-state index in [1.807, 2.05) is 35.0 Å². The lowest BCUT2D eigenvalue weighted by Gasteiger charge is -2.09. The van der Waals surface area contributed by atoms with E-state index in [4.69, 9.17) is 9.98 Å². The predicted molar refractivity (Wildman–Crippen MR) is 108 cm³/mol. The SMILES string of the molecule is C1=C\C(CCc2nc3c4cccnc4ccn3n2)=N/c2ccccc2CC/1. The van der Waals surface area contributed by atoms with Crippen molar-refractivity contribution in [2.45, 2.75) is 25.7 Å². The predicted octanol–water partition coefficient (Wildman–Crippen LogP) is 4.49. The van der Waals surface area contributed by atoms with Crippen LogP contribution in [-0.4, -0.2) is 25.3 Å². The van der Waals surface area contributed by atoms with Crippen molar-refractivity contribution in [3.05, 3.63) is 78.4 Å². The molecule has 5 nitrogen and oxygen atoms in total. The highest BCUT2D eigenvalue weighted by Gasteiger charge is 2.10. The van der Waals surface area contributed by atoms with E-state index in [0.29, 0.717) is 0 Å².